The van der Waals surface area contributed by atoms with Gasteiger partial charge < -0.3 is 5.11 Å². The van der Waals surface area contributed by atoms with E-state index in [1.807, 2.05) is 0 Å². The van der Waals surface area contributed by atoms with Crippen molar-refractivity contribution in [3.05, 3.63) is 34.9 Å². The van der Waals surface area contributed by atoms with Crippen LogP contribution in [0.2, 0.25) is 5.02 Å². The number of nitrogens with one attached hydrogen (secondary N) is 1. The van der Waals surface area contributed by atoms with Crippen LogP contribution in [0.1, 0.15) is 17.3 Å². The quantitative estimate of drug-likeness (QED) is 0.621. The molecule has 6 heteroatoms. The Balaban J connectivity index is 2.74. The number of nitrogens with zero attached hydrogens (tertiary/aromatic N) is 1. The lowest BCUT2D eigenvalue weighted by Crippen LogP contribution is -2.21. The zero-order chi connectivity index (χ0) is 12.1. The third-order valence-electron chi connectivity index (χ3n) is 1.72. The standard InChI is InChI=1S/C10H9ClN2O3/c1-6(10(15)16)12-13-9(14)7-3-2-4-8(11)5-7/h2-5H,1H3,(H,13,14)(H,15,16)/b12-6+. The Hall–Kier alpha value is -1.88. The monoisotopic (exact) mass is 240 g/mol. The van der Waals surface area contributed by atoms with E-state index in [0.717, 1.165) is 0 Å². The van der Waals surface area contributed by atoms with E-state index in [1.165, 1.54) is 13.0 Å². The summed E-state index contributed by atoms with van der Waals surface area (Å²) >= 11 is 5.69. The second kappa shape index (κ2) is 5.27. The van der Waals surface area contributed by atoms with Crippen molar-refractivity contribution in [3.8, 4) is 0 Å². The first-order chi connectivity index (χ1) is 7.50. The number of carboxylic acids is 1. The van der Waals surface area contributed by atoms with Crippen LogP contribution in [0.5, 0.6) is 0 Å². The molecule has 2 N–H and O–H groups in total. The van der Waals surface area contributed by atoms with Gasteiger partial charge in [-0.15, -0.1) is 0 Å². The van der Waals surface area contributed by atoms with E-state index in [9.17, 15) is 9.59 Å². The van der Waals surface area contributed by atoms with E-state index in [2.05, 4.69) is 10.5 Å². The van der Waals surface area contributed by atoms with E-state index < -0.39 is 11.9 Å². The van der Waals surface area contributed by atoms with Gasteiger partial charge in [0.25, 0.3) is 5.91 Å². The molecule has 16 heavy (non-hydrogen) atoms. The smallest absolute Gasteiger partial charge is 0.351 e. The molecule has 0 saturated heterocycles. The molecule has 0 fully saturated rings. The number of carboxylic acid groups (broad SMARTS) is 1. The summed E-state index contributed by atoms with van der Waals surface area (Å²) in [5.41, 5.74) is 2.23. The Morgan fingerprint density at radius 1 is 1.44 bits per heavy atom. The van der Waals surface area contributed by atoms with Crippen LogP contribution < -0.4 is 5.43 Å². The van der Waals surface area contributed by atoms with Crippen molar-refractivity contribution in [2.45, 2.75) is 6.92 Å². The van der Waals surface area contributed by atoms with E-state index in [-0.39, 0.29) is 5.71 Å². The average molecular weight is 241 g/mol. The Morgan fingerprint density at radius 2 is 2.12 bits per heavy atom. The highest BCUT2D eigenvalue weighted by Crippen LogP contribution is 2.10. The summed E-state index contributed by atoms with van der Waals surface area (Å²) in [7, 11) is 0. The third kappa shape index (κ3) is 3.36. The highest BCUT2D eigenvalue weighted by Gasteiger charge is 2.06. The molecule has 1 amide bonds. The molecule has 0 heterocycles. The first-order valence-electron chi connectivity index (χ1n) is 4.34. The summed E-state index contributed by atoms with van der Waals surface area (Å²) < 4.78 is 0. The number of hydrazone groups is 1. The predicted molar refractivity (Wildman–Crippen MR) is 59.7 cm³/mol. The lowest BCUT2D eigenvalue weighted by atomic mass is 10.2. The molecule has 1 aromatic carbocycles. The van der Waals surface area contributed by atoms with Crippen molar-refractivity contribution < 1.29 is 14.7 Å². The number of carbonyl (C=O) groups excluding carboxylic acids is 1. The van der Waals surface area contributed by atoms with Gasteiger partial charge in [-0.25, -0.2) is 10.2 Å². The number of amides is 1. The van der Waals surface area contributed by atoms with E-state index in [1.54, 1.807) is 18.2 Å². The number of benzene rings is 1. The van der Waals surface area contributed by atoms with Crippen LogP contribution in [-0.2, 0) is 4.79 Å². The van der Waals surface area contributed by atoms with Crippen LogP contribution in [0.3, 0.4) is 0 Å². The second-order valence-corrected chi connectivity index (χ2v) is 3.39. The molecule has 0 aliphatic carbocycles. The topological polar surface area (TPSA) is 78.8 Å². The Morgan fingerprint density at radius 3 is 2.69 bits per heavy atom. The maximum atomic E-state index is 11.5. The fourth-order valence-electron chi connectivity index (χ4n) is 0.877. The van der Waals surface area contributed by atoms with E-state index in [4.69, 9.17) is 16.7 Å². The summed E-state index contributed by atoms with van der Waals surface area (Å²) in [5.74, 6) is -1.70. The van der Waals surface area contributed by atoms with Crippen molar-refractivity contribution in [2.75, 3.05) is 0 Å². The molecule has 0 aromatic heterocycles. The molecule has 84 valence electrons. The maximum Gasteiger partial charge on any atom is 0.351 e. The zero-order valence-corrected chi connectivity index (χ0v) is 9.15. The van der Waals surface area contributed by atoms with Gasteiger partial charge in [-0.05, 0) is 25.1 Å². The largest absolute Gasteiger partial charge is 0.477 e. The fourth-order valence-corrected chi connectivity index (χ4v) is 1.07. The molecule has 0 aliphatic heterocycles. The highest BCUT2D eigenvalue weighted by molar-refractivity contribution is 6.34. The van der Waals surface area contributed by atoms with Crippen molar-refractivity contribution in [1.29, 1.82) is 0 Å². The summed E-state index contributed by atoms with van der Waals surface area (Å²) in [6.07, 6.45) is 0. The molecule has 0 bridgehead atoms. The van der Waals surface area contributed by atoms with Crippen LogP contribution >= 0.6 is 11.6 Å². The minimum atomic E-state index is -1.19. The predicted octanol–water partition coefficient (Wildman–Crippen LogP) is 1.53. The normalized spacial score (nSPS) is 11.0. The van der Waals surface area contributed by atoms with Crippen LogP contribution in [0.15, 0.2) is 29.4 Å². The molecule has 1 aromatic rings. The Bertz CT molecular complexity index is 457. The minimum absolute atomic E-state index is 0.199. The van der Waals surface area contributed by atoms with Gasteiger partial charge in [0, 0.05) is 10.6 Å². The van der Waals surface area contributed by atoms with Gasteiger partial charge in [-0.2, -0.15) is 5.10 Å². The van der Waals surface area contributed by atoms with Crippen molar-refractivity contribution in [1.82, 2.24) is 5.43 Å². The molecule has 0 spiro atoms. The Labute approximate surface area is 96.7 Å². The molecule has 0 unspecified atom stereocenters. The zero-order valence-electron chi connectivity index (χ0n) is 8.40. The third-order valence-corrected chi connectivity index (χ3v) is 1.96. The van der Waals surface area contributed by atoms with Crippen molar-refractivity contribution in [3.63, 3.8) is 0 Å². The Kier molecular flexibility index (Phi) is 4.02. The van der Waals surface area contributed by atoms with Crippen LogP contribution in [-0.4, -0.2) is 22.7 Å². The number of rotatable bonds is 3. The summed E-state index contributed by atoms with van der Waals surface area (Å²) in [6, 6.07) is 6.25. The number of carbonyl (C=O) groups is 2. The minimum Gasteiger partial charge on any atom is -0.477 e. The summed E-state index contributed by atoms with van der Waals surface area (Å²) in [4.78, 5) is 21.9. The molecule has 0 atom stereocenters. The molecule has 1 rings (SSSR count). The molecule has 0 saturated carbocycles. The average Bonchev–Trinajstić information content (AvgIpc) is 2.25. The number of hydrogen-bond donors (Lipinski definition) is 2. The lowest BCUT2D eigenvalue weighted by Gasteiger charge is -2.00. The van der Waals surface area contributed by atoms with Crippen LogP contribution in [0.25, 0.3) is 0 Å². The van der Waals surface area contributed by atoms with Gasteiger partial charge in [-0.1, -0.05) is 17.7 Å². The van der Waals surface area contributed by atoms with Gasteiger partial charge in [0.2, 0.25) is 0 Å². The summed E-state index contributed by atoms with van der Waals surface area (Å²) in [6.45, 7) is 1.28. The van der Waals surface area contributed by atoms with Gasteiger partial charge in [0.1, 0.15) is 5.71 Å². The lowest BCUT2D eigenvalue weighted by molar-refractivity contribution is -0.129. The SMILES string of the molecule is C/C(=N\NC(=O)c1cccc(Cl)c1)C(=O)O. The second-order valence-electron chi connectivity index (χ2n) is 2.95. The fraction of sp³-hybridized carbons (Fsp3) is 0.100. The van der Waals surface area contributed by atoms with Crippen molar-refractivity contribution >= 4 is 29.2 Å². The van der Waals surface area contributed by atoms with Gasteiger partial charge in [0.15, 0.2) is 0 Å². The number of hydrogen-bond acceptors (Lipinski definition) is 3. The molecule has 0 radical (unpaired) electrons. The van der Waals surface area contributed by atoms with Gasteiger partial charge in [0.05, 0.1) is 0 Å². The van der Waals surface area contributed by atoms with Crippen LogP contribution in [0.4, 0.5) is 0 Å². The summed E-state index contributed by atoms with van der Waals surface area (Å²) in [5, 5.41) is 12.3. The van der Waals surface area contributed by atoms with E-state index >= 15 is 0 Å². The van der Waals surface area contributed by atoms with Crippen LogP contribution in [0, 0.1) is 0 Å². The molecular formula is C10H9ClN2O3. The maximum absolute atomic E-state index is 11.5. The van der Waals surface area contributed by atoms with Crippen molar-refractivity contribution in [2.24, 2.45) is 5.10 Å². The number of halogens is 1. The van der Waals surface area contributed by atoms with Gasteiger partial charge >= 0.3 is 5.97 Å². The van der Waals surface area contributed by atoms with E-state index in [0.29, 0.717) is 10.6 Å². The molecule has 5 nitrogen and oxygen atoms in total. The molecule has 0 aliphatic rings. The van der Waals surface area contributed by atoms with Gasteiger partial charge in [-0.3, -0.25) is 4.79 Å². The number of aliphatic carboxylic acids is 1. The first kappa shape index (κ1) is 12.2. The molecular weight excluding hydrogens is 232 g/mol. The first-order valence-corrected chi connectivity index (χ1v) is 4.72. The highest BCUT2D eigenvalue weighted by atomic mass is 35.5.